The van der Waals surface area contributed by atoms with Crippen LogP contribution in [0.1, 0.15) is 30.5 Å². The highest BCUT2D eigenvalue weighted by Gasteiger charge is 2.32. The fourth-order valence-corrected chi connectivity index (χ4v) is 4.54. The Balaban J connectivity index is 1.51. The lowest BCUT2D eigenvalue weighted by atomic mass is 9.98. The number of ether oxygens (including phenoxy) is 2. The van der Waals surface area contributed by atoms with Crippen LogP contribution >= 0.6 is 31.9 Å². The van der Waals surface area contributed by atoms with Crippen LogP contribution < -0.4 is 9.47 Å². The monoisotopic (exact) mass is 574 g/mol. The Labute approximate surface area is 207 Å². The highest BCUT2D eigenvalue weighted by molar-refractivity contribution is 9.13. The molecule has 0 saturated carbocycles. The normalized spacial score (nSPS) is 15.3. The minimum absolute atomic E-state index is 0.273. The highest BCUT2D eigenvalue weighted by Crippen LogP contribution is 2.46. The fraction of sp³-hybridized carbons (Fsp3) is 0.167. The minimum atomic E-state index is -0.436. The van der Waals surface area contributed by atoms with Gasteiger partial charge < -0.3 is 19.7 Å². The number of nitrogens with zero attached hydrogens (tertiary/aromatic N) is 2. The first-order valence-electron chi connectivity index (χ1n) is 10.1. The number of phenolic OH excluding ortho intramolecular Hbond substituents is 2. The predicted molar refractivity (Wildman–Crippen MR) is 131 cm³/mol. The first kappa shape index (κ1) is 23.1. The number of aromatic hydroxyl groups is 2. The van der Waals surface area contributed by atoms with Gasteiger partial charge in [0.05, 0.1) is 22.8 Å². The van der Waals surface area contributed by atoms with Gasteiger partial charge in [0, 0.05) is 10.9 Å². The van der Waals surface area contributed by atoms with Crippen LogP contribution in [0.15, 0.2) is 68.6 Å². The number of halogens is 2. The smallest absolute Gasteiger partial charge is 0.230 e. The van der Waals surface area contributed by atoms with Gasteiger partial charge >= 0.3 is 0 Å². The molecule has 1 aliphatic rings. The van der Waals surface area contributed by atoms with E-state index in [9.17, 15) is 15.0 Å². The second kappa shape index (κ2) is 9.84. The Morgan fingerprint density at radius 2 is 1.64 bits per heavy atom. The van der Waals surface area contributed by atoms with E-state index in [2.05, 4.69) is 37.0 Å². The summed E-state index contributed by atoms with van der Waals surface area (Å²) in [5, 5.41) is 25.7. The quantitative estimate of drug-likeness (QED) is 0.261. The molecule has 0 aliphatic carbocycles. The van der Waals surface area contributed by atoms with Gasteiger partial charge in [-0.05, 0) is 105 Å². The molecular weight excluding hydrogens is 556 g/mol. The van der Waals surface area contributed by atoms with Crippen molar-refractivity contribution in [2.24, 2.45) is 5.10 Å². The molecule has 0 aromatic heterocycles. The minimum Gasteiger partial charge on any atom is -0.504 e. The number of hydrogen-bond donors (Lipinski definition) is 2. The van der Waals surface area contributed by atoms with Crippen molar-refractivity contribution in [1.29, 1.82) is 0 Å². The molecule has 170 valence electrons. The molecule has 4 rings (SSSR count). The van der Waals surface area contributed by atoms with Crippen molar-refractivity contribution < 1.29 is 24.5 Å². The molecule has 3 aromatic carbocycles. The van der Waals surface area contributed by atoms with Gasteiger partial charge in [0.15, 0.2) is 11.5 Å². The molecule has 9 heteroatoms. The molecule has 0 fully saturated rings. The Morgan fingerprint density at radius 1 is 1.03 bits per heavy atom. The Bertz CT molecular complexity index is 1200. The zero-order chi connectivity index (χ0) is 23.5. The maximum Gasteiger partial charge on any atom is 0.230 e. The first-order valence-corrected chi connectivity index (χ1v) is 11.7. The molecule has 33 heavy (non-hydrogen) atoms. The van der Waals surface area contributed by atoms with Crippen molar-refractivity contribution in [3.05, 3.63) is 74.7 Å². The maximum absolute atomic E-state index is 11.7. The summed E-state index contributed by atoms with van der Waals surface area (Å²) in [7, 11) is 0. The largest absolute Gasteiger partial charge is 0.504 e. The number of phenols is 2. The predicted octanol–water partition coefficient (Wildman–Crippen LogP) is 6.12. The average Bonchev–Trinajstić information content (AvgIpc) is 3.26. The second-order valence-electron chi connectivity index (χ2n) is 7.24. The summed E-state index contributed by atoms with van der Waals surface area (Å²) < 4.78 is 12.2. The Kier molecular flexibility index (Phi) is 6.90. The summed E-state index contributed by atoms with van der Waals surface area (Å²) in [5.74, 6) is 1.59. The van der Waals surface area contributed by atoms with Gasteiger partial charge in [-0.3, -0.25) is 4.79 Å². The van der Waals surface area contributed by atoms with Gasteiger partial charge in [0.1, 0.15) is 17.2 Å². The van der Waals surface area contributed by atoms with E-state index in [0.29, 0.717) is 45.4 Å². The van der Waals surface area contributed by atoms with E-state index in [1.54, 1.807) is 0 Å². The van der Waals surface area contributed by atoms with Crippen LogP contribution in [0.25, 0.3) is 0 Å². The molecule has 1 aliphatic heterocycles. The summed E-state index contributed by atoms with van der Waals surface area (Å²) in [6.45, 7) is 2.54. The van der Waals surface area contributed by atoms with E-state index in [4.69, 9.17) is 9.47 Å². The molecule has 0 bridgehead atoms. The van der Waals surface area contributed by atoms with Gasteiger partial charge in [-0.1, -0.05) is 0 Å². The van der Waals surface area contributed by atoms with Crippen LogP contribution in [-0.2, 0) is 4.79 Å². The molecular formula is C24H20Br2N2O5. The Morgan fingerprint density at radius 3 is 2.24 bits per heavy atom. The van der Waals surface area contributed by atoms with Crippen LogP contribution in [0.4, 0.5) is 0 Å². The maximum atomic E-state index is 11.7. The summed E-state index contributed by atoms with van der Waals surface area (Å²) >= 11 is 6.68. The average molecular weight is 576 g/mol. The summed E-state index contributed by atoms with van der Waals surface area (Å²) in [4.78, 5) is 11.7. The van der Waals surface area contributed by atoms with E-state index in [1.165, 1.54) is 11.1 Å². The second-order valence-corrected chi connectivity index (χ2v) is 8.83. The standard InChI is InChI=1S/C24H20Br2N2O5/c1-2-32-15-7-9-17(10-8-15)33-16-5-3-14(4-6-16)19-12-20(28(13-29)27-19)18-11-21(30)24(31)23(26)22(18)25/h3-11,13,20,30-31H,2,12H2,1H3. The van der Waals surface area contributed by atoms with Gasteiger partial charge in [0.2, 0.25) is 6.41 Å². The van der Waals surface area contributed by atoms with Crippen molar-refractivity contribution >= 4 is 44.0 Å². The third kappa shape index (κ3) is 4.84. The number of carbonyl (C=O) groups excluding carboxylic acids is 1. The SMILES string of the molecule is CCOc1ccc(Oc2ccc(C3=NN(C=O)C(c4cc(O)c(O)c(Br)c4Br)C3)cc2)cc1. The molecule has 1 atom stereocenters. The topological polar surface area (TPSA) is 91.6 Å². The van der Waals surface area contributed by atoms with Gasteiger partial charge in [-0.2, -0.15) is 5.10 Å². The van der Waals surface area contributed by atoms with Gasteiger partial charge in [-0.15, -0.1) is 0 Å². The van der Waals surface area contributed by atoms with Gasteiger partial charge in [-0.25, -0.2) is 5.01 Å². The van der Waals surface area contributed by atoms with Crippen LogP contribution in [0.5, 0.6) is 28.7 Å². The lowest BCUT2D eigenvalue weighted by Crippen LogP contribution is -2.18. The molecule has 0 saturated heterocycles. The van der Waals surface area contributed by atoms with E-state index in [0.717, 1.165) is 17.0 Å². The summed E-state index contributed by atoms with van der Waals surface area (Å²) in [6.07, 6.45) is 1.08. The van der Waals surface area contributed by atoms with Crippen LogP contribution in [0, 0.1) is 0 Å². The van der Waals surface area contributed by atoms with E-state index < -0.39 is 6.04 Å². The van der Waals surface area contributed by atoms with Crippen LogP contribution in [0.3, 0.4) is 0 Å². The molecule has 0 spiro atoms. The lowest BCUT2D eigenvalue weighted by molar-refractivity contribution is -0.119. The number of rotatable bonds is 7. The molecule has 0 radical (unpaired) electrons. The van der Waals surface area contributed by atoms with Crippen LogP contribution in [-0.4, -0.2) is 34.0 Å². The number of carbonyl (C=O) groups is 1. The van der Waals surface area contributed by atoms with E-state index in [-0.39, 0.29) is 11.5 Å². The van der Waals surface area contributed by atoms with Crippen LogP contribution in [0.2, 0.25) is 0 Å². The van der Waals surface area contributed by atoms with Crippen molar-refractivity contribution in [3.63, 3.8) is 0 Å². The molecule has 1 amide bonds. The van der Waals surface area contributed by atoms with E-state index in [1.807, 2.05) is 55.5 Å². The molecule has 1 unspecified atom stereocenters. The lowest BCUT2D eigenvalue weighted by Gasteiger charge is -2.20. The fourth-order valence-electron chi connectivity index (χ4n) is 3.54. The summed E-state index contributed by atoms with van der Waals surface area (Å²) in [5.41, 5.74) is 2.19. The van der Waals surface area contributed by atoms with E-state index >= 15 is 0 Å². The molecule has 3 aromatic rings. The van der Waals surface area contributed by atoms with Gasteiger partial charge in [0.25, 0.3) is 0 Å². The van der Waals surface area contributed by atoms with Crippen molar-refractivity contribution in [2.75, 3.05) is 6.61 Å². The molecule has 1 heterocycles. The number of hydrazone groups is 1. The Hall–Kier alpha value is -3.04. The summed E-state index contributed by atoms with van der Waals surface area (Å²) in [6, 6.07) is 15.8. The zero-order valence-corrected chi connectivity index (χ0v) is 20.7. The third-order valence-corrected chi connectivity index (χ3v) is 7.31. The van der Waals surface area contributed by atoms with Crippen molar-refractivity contribution in [1.82, 2.24) is 5.01 Å². The molecule has 2 N–H and O–H groups in total. The van der Waals surface area contributed by atoms with Crippen molar-refractivity contribution in [2.45, 2.75) is 19.4 Å². The molecule has 7 nitrogen and oxygen atoms in total. The number of benzene rings is 3. The van der Waals surface area contributed by atoms with Crippen molar-refractivity contribution in [3.8, 4) is 28.7 Å². The zero-order valence-electron chi connectivity index (χ0n) is 17.5. The third-order valence-electron chi connectivity index (χ3n) is 5.16. The number of hydrogen-bond acceptors (Lipinski definition) is 6. The highest BCUT2D eigenvalue weighted by atomic mass is 79.9. The first-order chi connectivity index (χ1) is 15.9. The number of amides is 1.